The SMILES string of the molecule is CC.Nc1ccco1.O=C(/C=C/c1ccc(CNCCc2cccc3[nH]c4c(c23)CCS4)cc1)NO. The lowest BCUT2D eigenvalue weighted by Gasteiger charge is -2.08. The smallest absolute Gasteiger partial charge is 0.267 e. The van der Waals surface area contributed by atoms with Crippen LogP contribution in [-0.4, -0.2) is 28.4 Å². The molecule has 8 heteroatoms. The van der Waals surface area contributed by atoms with Gasteiger partial charge in [0.05, 0.1) is 11.3 Å². The van der Waals surface area contributed by atoms with Gasteiger partial charge in [-0.15, -0.1) is 11.8 Å². The number of hydrogen-bond donors (Lipinski definition) is 5. The number of rotatable bonds is 7. The molecule has 1 aliphatic rings. The van der Waals surface area contributed by atoms with Crippen molar-refractivity contribution < 1.29 is 14.4 Å². The number of hydrogen-bond acceptors (Lipinski definition) is 6. The molecule has 1 amide bonds. The molecular formula is C28H34N4O3S. The molecule has 2 aromatic carbocycles. The Morgan fingerprint density at radius 3 is 2.64 bits per heavy atom. The van der Waals surface area contributed by atoms with Crippen molar-refractivity contribution in [1.82, 2.24) is 15.8 Å². The molecule has 0 saturated heterocycles. The lowest BCUT2D eigenvalue weighted by molar-refractivity contribution is -0.124. The first-order chi connectivity index (χ1) is 17.6. The van der Waals surface area contributed by atoms with Gasteiger partial charge in [0, 0.05) is 35.3 Å². The third kappa shape index (κ3) is 7.52. The number of carbonyl (C=O) groups excluding carboxylic acids is 1. The fraction of sp³-hybridized carbons (Fsp3) is 0.250. The van der Waals surface area contributed by atoms with E-state index < -0.39 is 5.91 Å². The number of aryl methyl sites for hydroxylation is 1. The Morgan fingerprint density at radius 2 is 1.97 bits per heavy atom. The molecule has 1 aliphatic heterocycles. The monoisotopic (exact) mass is 506 g/mol. The molecule has 0 spiro atoms. The number of nitrogens with two attached hydrogens (primary N) is 1. The number of hydroxylamine groups is 1. The number of fused-ring (bicyclic) bond motifs is 3. The van der Waals surface area contributed by atoms with Crippen LogP contribution < -0.4 is 16.5 Å². The van der Waals surface area contributed by atoms with Crippen LogP contribution in [0.3, 0.4) is 0 Å². The Morgan fingerprint density at radius 1 is 1.17 bits per heavy atom. The molecule has 5 rings (SSSR count). The van der Waals surface area contributed by atoms with Crippen LogP contribution in [0.25, 0.3) is 17.0 Å². The summed E-state index contributed by atoms with van der Waals surface area (Å²) in [6.45, 7) is 5.72. The quantitative estimate of drug-likeness (QED) is 0.0970. The molecule has 6 N–H and O–H groups in total. The van der Waals surface area contributed by atoms with E-state index in [1.165, 1.54) is 50.7 Å². The first-order valence-corrected chi connectivity index (χ1v) is 13.1. The van der Waals surface area contributed by atoms with Crippen molar-refractivity contribution in [3.63, 3.8) is 0 Å². The van der Waals surface area contributed by atoms with Gasteiger partial charge in [-0.05, 0) is 59.8 Å². The van der Waals surface area contributed by atoms with E-state index in [9.17, 15) is 4.79 Å². The van der Waals surface area contributed by atoms with Crippen molar-refractivity contribution in [2.75, 3.05) is 18.0 Å². The van der Waals surface area contributed by atoms with Gasteiger partial charge in [0.15, 0.2) is 5.88 Å². The maximum absolute atomic E-state index is 11.0. The second-order valence-electron chi connectivity index (χ2n) is 7.86. The van der Waals surface area contributed by atoms with Gasteiger partial charge in [-0.1, -0.05) is 50.2 Å². The molecule has 3 heterocycles. The van der Waals surface area contributed by atoms with Crippen LogP contribution in [0.2, 0.25) is 0 Å². The molecule has 36 heavy (non-hydrogen) atoms. The van der Waals surface area contributed by atoms with E-state index in [0.29, 0.717) is 5.88 Å². The zero-order valence-electron chi connectivity index (χ0n) is 20.7. The minimum absolute atomic E-state index is 0.468. The van der Waals surface area contributed by atoms with Gasteiger partial charge in [0.25, 0.3) is 5.91 Å². The van der Waals surface area contributed by atoms with Crippen molar-refractivity contribution in [2.45, 2.75) is 38.3 Å². The Labute approximate surface area is 216 Å². The number of nitrogen functional groups attached to an aromatic ring is 1. The molecule has 2 aromatic heterocycles. The Hall–Kier alpha value is -3.46. The summed E-state index contributed by atoms with van der Waals surface area (Å²) in [7, 11) is 0. The summed E-state index contributed by atoms with van der Waals surface area (Å²) >= 11 is 1.92. The molecule has 190 valence electrons. The maximum Gasteiger partial charge on any atom is 0.267 e. The molecule has 7 nitrogen and oxygen atoms in total. The van der Waals surface area contributed by atoms with Crippen LogP contribution >= 0.6 is 11.8 Å². The fourth-order valence-electron chi connectivity index (χ4n) is 3.90. The number of nitrogens with one attached hydrogen (secondary N) is 3. The van der Waals surface area contributed by atoms with E-state index in [1.54, 1.807) is 23.7 Å². The average Bonchev–Trinajstić information content (AvgIpc) is 3.65. The van der Waals surface area contributed by atoms with E-state index in [2.05, 4.69) is 32.9 Å². The predicted molar refractivity (Wildman–Crippen MR) is 148 cm³/mol. The van der Waals surface area contributed by atoms with Crippen molar-refractivity contribution in [3.8, 4) is 0 Å². The van der Waals surface area contributed by atoms with E-state index in [4.69, 9.17) is 10.9 Å². The van der Waals surface area contributed by atoms with Crippen molar-refractivity contribution in [2.24, 2.45) is 0 Å². The van der Waals surface area contributed by atoms with Crippen LogP contribution in [0.1, 0.15) is 36.1 Å². The number of benzene rings is 2. The molecule has 0 aliphatic carbocycles. The van der Waals surface area contributed by atoms with Gasteiger partial charge in [-0.2, -0.15) is 0 Å². The minimum atomic E-state index is -0.535. The molecule has 0 fully saturated rings. The molecule has 4 aromatic rings. The van der Waals surface area contributed by atoms with Gasteiger partial charge in [-0.3, -0.25) is 10.0 Å². The molecule has 0 unspecified atom stereocenters. The minimum Gasteiger partial charge on any atom is -0.449 e. The first kappa shape index (κ1) is 27.1. The van der Waals surface area contributed by atoms with Gasteiger partial charge >= 0.3 is 0 Å². The lowest BCUT2D eigenvalue weighted by Crippen LogP contribution is -2.16. The van der Waals surface area contributed by atoms with Crippen molar-refractivity contribution >= 4 is 40.5 Å². The highest BCUT2D eigenvalue weighted by atomic mass is 32.2. The van der Waals surface area contributed by atoms with Crippen LogP contribution in [0, 0.1) is 0 Å². The predicted octanol–water partition coefficient (Wildman–Crippen LogP) is 5.56. The van der Waals surface area contributed by atoms with Gasteiger partial charge < -0.3 is 20.5 Å². The summed E-state index contributed by atoms with van der Waals surface area (Å²) in [6.07, 6.45) is 6.66. The summed E-state index contributed by atoms with van der Waals surface area (Å²) in [6, 6.07) is 18.0. The van der Waals surface area contributed by atoms with Crippen molar-refractivity contribution in [1.29, 1.82) is 0 Å². The van der Waals surface area contributed by atoms with E-state index in [-0.39, 0.29) is 0 Å². The average molecular weight is 507 g/mol. The Bertz CT molecular complexity index is 1250. The Balaban J connectivity index is 0.000000390. The lowest BCUT2D eigenvalue weighted by atomic mass is 10.0. The van der Waals surface area contributed by atoms with Crippen LogP contribution in [0.5, 0.6) is 0 Å². The number of anilines is 1. The van der Waals surface area contributed by atoms with E-state index >= 15 is 0 Å². The first-order valence-electron chi connectivity index (χ1n) is 12.1. The highest BCUT2D eigenvalue weighted by Crippen LogP contribution is 2.37. The Kier molecular flexibility index (Phi) is 10.7. The molecule has 0 saturated carbocycles. The topological polar surface area (TPSA) is 116 Å². The van der Waals surface area contributed by atoms with E-state index in [1.807, 2.05) is 49.9 Å². The summed E-state index contributed by atoms with van der Waals surface area (Å²) in [5.41, 5.74) is 13.0. The maximum atomic E-state index is 11.0. The number of aromatic nitrogens is 1. The van der Waals surface area contributed by atoms with Crippen LogP contribution in [0.4, 0.5) is 5.88 Å². The largest absolute Gasteiger partial charge is 0.449 e. The van der Waals surface area contributed by atoms with Crippen molar-refractivity contribution in [3.05, 3.63) is 89.2 Å². The molecule has 0 radical (unpaired) electrons. The molecule has 0 bridgehead atoms. The molecule has 0 atom stereocenters. The second kappa shape index (κ2) is 14.2. The molecular weight excluding hydrogens is 472 g/mol. The third-order valence-electron chi connectivity index (χ3n) is 5.53. The number of furan rings is 1. The number of carbonyl (C=O) groups is 1. The number of amides is 1. The van der Waals surface area contributed by atoms with Crippen LogP contribution in [-0.2, 0) is 24.2 Å². The second-order valence-corrected chi connectivity index (χ2v) is 8.97. The summed E-state index contributed by atoms with van der Waals surface area (Å²) < 4.78 is 4.61. The summed E-state index contributed by atoms with van der Waals surface area (Å²) in [5.74, 6) is 1.11. The normalized spacial score (nSPS) is 12.0. The van der Waals surface area contributed by atoms with Gasteiger partial charge in [0.2, 0.25) is 0 Å². The standard InChI is InChI=1S/C22H23N3O2S.C4H5NO.C2H6/c26-20(25-27)9-8-15-4-6-16(7-5-15)14-23-12-10-17-2-1-3-19-21(17)18-11-13-28-22(18)24-19;5-4-2-1-3-6-4;1-2/h1-9,23-24,27H,10-14H2,(H,25,26);1-3H,5H2;1-2H3/b9-8+;;. The zero-order chi connectivity index (χ0) is 25.8. The fourth-order valence-corrected chi connectivity index (χ4v) is 4.97. The van der Waals surface area contributed by atoms with Crippen LogP contribution in [0.15, 0.2) is 76.4 Å². The van der Waals surface area contributed by atoms with Gasteiger partial charge in [-0.25, -0.2) is 5.48 Å². The third-order valence-corrected chi connectivity index (χ3v) is 6.58. The number of H-pyrrole nitrogens is 1. The number of thioether (sulfide) groups is 1. The summed E-state index contributed by atoms with van der Waals surface area (Å²) in [5, 5.41) is 14.8. The van der Waals surface area contributed by atoms with Gasteiger partial charge in [0.1, 0.15) is 0 Å². The number of aromatic amines is 1. The van der Waals surface area contributed by atoms with E-state index in [0.717, 1.165) is 31.5 Å². The highest BCUT2D eigenvalue weighted by molar-refractivity contribution is 7.99. The summed E-state index contributed by atoms with van der Waals surface area (Å²) in [4.78, 5) is 14.6. The zero-order valence-corrected chi connectivity index (χ0v) is 21.5. The highest BCUT2D eigenvalue weighted by Gasteiger charge is 2.19.